The van der Waals surface area contributed by atoms with Gasteiger partial charge >= 0.3 is 6.03 Å². The summed E-state index contributed by atoms with van der Waals surface area (Å²) in [7, 11) is -1.17. The van der Waals surface area contributed by atoms with E-state index in [1.165, 1.54) is 21.2 Å². The summed E-state index contributed by atoms with van der Waals surface area (Å²) in [5.41, 5.74) is 0. The molecule has 4 aromatic carbocycles. The van der Waals surface area contributed by atoms with E-state index < -0.39 is 15.8 Å². The van der Waals surface area contributed by atoms with Gasteiger partial charge in [0, 0.05) is 30.5 Å². The van der Waals surface area contributed by atoms with Crippen molar-refractivity contribution in [2.75, 3.05) is 31.2 Å². The minimum atomic E-state index is -0.585. The van der Waals surface area contributed by atoms with Gasteiger partial charge in [-0.15, -0.1) is 0 Å². The number of thioether (sulfide) groups is 1. The Balaban J connectivity index is 1.14. The lowest BCUT2D eigenvalue weighted by Crippen LogP contribution is -2.37. The number of amides is 3. The monoisotopic (exact) mass is 667 g/mol. The van der Waals surface area contributed by atoms with Gasteiger partial charge in [-0.25, -0.2) is 4.79 Å². The van der Waals surface area contributed by atoms with Crippen molar-refractivity contribution in [2.24, 2.45) is 0 Å². The van der Waals surface area contributed by atoms with Gasteiger partial charge in [0.1, 0.15) is 0 Å². The predicted molar refractivity (Wildman–Crippen MR) is 198 cm³/mol. The normalized spacial score (nSPS) is 18.7. The van der Waals surface area contributed by atoms with Crippen LogP contribution in [0.1, 0.15) is 25.7 Å². The standard InChI is InChI=1S/C38H43N3O2P2S/c42-36(24-14-13-23-35-37-34(29-46-35)39-38(43)40-37)41(25-27-44(30-15-5-1-6-16-30)31-17-7-2-8-18-31)26-28-45(32-19-9-3-10-20-32)33-21-11-4-12-22-33/h1-12,15-22,34-35,37H,13-14,23-29H2,(H2,39,40,43)/t34-,35+,37-/m1/s1. The van der Waals surface area contributed by atoms with Crippen LogP contribution >= 0.6 is 27.6 Å². The Hall–Kier alpha value is -3.17. The average molecular weight is 668 g/mol. The highest BCUT2D eigenvalue weighted by molar-refractivity contribution is 8.00. The van der Waals surface area contributed by atoms with E-state index in [1.54, 1.807) is 0 Å². The Morgan fingerprint density at radius 3 is 1.59 bits per heavy atom. The number of hydrogen-bond donors (Lipinski definition) is 2. The Kier molecular flexibility index (Phi) is 11.8. The number of benzene rings is 4. The second kappa shape index (κ2) is 16.6. The zero-order valence-electron chi connectivity index (χ0n) is 26.2. The van der Waals surface area contributed by atoms with Crippen LogP contribution < -0.4 is 31.9 Å². The van der Waals surface area contributed by atoms with Crippen molar-refractivity contribution in [1.82, 2.24) is 15.5 Å². The van der Waals surface area contributed by atoms with Gasteiger partial charge < -0.3 is 15.5 Å². The molecule has 8 heteroatoms. The highest BCUT2D eigenvalue weighted by Crippen LogP contribution is 2.36. The fourth-order valence-electron chi connectivity index (χ4n) is 6.47. The second-order valence-electron chi connectivity index (χ2n) is 11.9. The molecule has 0 radical (unpaired) electrons. The Bertz CT molecular complexity index is 1370. The first-order chi connectivity index (χ1) is 22.7. The summed E-state index contributed by atoms with van der Waals surface area (Å²) in [4.78, 5) is 28.0. The summed E-state index contributed by atoms with van der Waals surface area (Å²) in [6.45, 7) is 1.50. The predicted octanol–water partition coefficient (Wildman–Crippen LogP) is 5.81. The van der Waals surface area contributed by atoms with Crippen LogP contribution in [0.5, 0.6) is 0 Å². The summed E-state index contributed by atoms with van der Waals surface area (Å²) >= 11 is 1.95. The van der Waals surface area contributed by atoms with E-state index in [-0.39, 0.29) is 24.0 Å². The van der Waals surface area contributed by atoms with E-state index in [9.17, 15) is 9.59 Å². The Morgan fingerprint density at radius 1 is 0.674 bits per heavy atom. The topological polar surface area (TPSA) is 61.4 Å². The van der Waals surface area contributed by atoms with E-state index in [4.69, 9.17) is 0 Å². The maximum Gasteiger partial charge on any atom is 0.315 e. The summed E-state index contributed by atoms with van der Waals surface area (Å²) in [6.07, 6.45) is 5.36. The lowest BCUT2D eigenvalue weighted by atomic mass is 10.0. The summed E-state index contributed by atoms with van der Waals surface area (Å²) in [5, 5.41) is 12.0. The largest absolute Gasteiger partial charge is 0.342 e. The molecule has 2 saturated heterocycles. The molecule has 2 aliphatic heterocycles. The molecular formula is C38H43N3O2P2S. The zero-order chi connectivity index (χ0) is 31.6. The minimum Gasteiger partial charge on any atom is -0.342 e. The molecular weight excluding hydrogens is 624 g/mol. The quantitative estimate of drug-likeness (QED) is 0.0957. The number of carbonyl (C=O) groups is 2. The SMILES string of the molecule is O=C1N[C@H]2[C@H](CCCCC(=O)N(CCP(c3ccccc3)c3ccccc3)CCP(c3ccccc3)c3ccccc3)SC[C@H]2N1. The molecule has 2 fully saturated rings. The first kappa shape index (κ1) is 32.8. The molecule has 0 spiro atoms. The van der Waals surface area contributed by atoms with Gasteiger partial charge in [0.25, 0.3) is 0 Å². The molecule has 0 bridgehead atoms. The third-order valence-electron chi connectivity index (χ3n) is 8.88. The molecule has 2 N–H and O–H groups in total. The highest BCUT2D eigenvalue weighted by atomic mass is 32.2. The molecule has 5 nitrogen and oxygen atoms in total. The first-order valence-electron chi connectivity index (χ1n) is 16.4. The fourth-order valence-corrected chi connectivity index (χ4v) is 12.7. The molecule has 3 amide bonds. The molecule has 2 aliphatic rings. The van der Waals surface area contributed by atoms with Crippen LogP contribution in [0.4, 0.5) is 4.79 Å². The van der Waals surface area contributed by atoms with Crippen molar-refractivity contribution >= 4 is 60.8 Å². The second-order valence-corrected chi connectivity index (χ2v) is 17.8. The van der Waals surface area contributed by atoms with Crippen LogP contribution in [-0.2, 0) is 4.79 Å². The molecule has 3 atom stereocenters. The van der Waals surface area contributed by atoms with Gasteiger partial charge in [-0.3, -0.25) is 4.79 Å². The van der Waals surface area contributed by atoms with Gasteiger partial charge in [0.15, 0.2) is 0 Å². The van der Waals surface area contributed by atoms with Crippen molar-refractivity contribution in [3.05, 3.63) is 121 Å². The van der Waals surface area contributed by atoms with E-state index in [0.717, 1.165) is 50.4 Å². The summed E-state index contributed by atoms with van der Waals surface area (Å²) in [5.74, 6) is 1.23. The van der Waals surface area contributed by atoms with Crippen molar-refractivity contribution in [3.63, 3.8) is 0 Å². The van der Waals surface area contributed by atoms with Crippen LogP contribution in [0.25, 0.3) is 0 Å². The minimum absolute atomic E-state index is 0.0388. The third-order valence-corrected chi connectivity index (χ3v) is 15.4. The maximum atomic E-state index is 14.0. The van der Waals surface area contributed by atoms with E-state index >= 15 is 0 Å². The van der Waals surface area contributed by atoms with Crippen molar-refractivity contribution in [2.45, 2.75) is 43.0 Å². The molecule has 0 aliphatic carbocycles. The van der Waals surface area contributed by atoms with Gasteiger partial charge in [0.2, 0.25) is 5.91 Å². The zero-order valence-corrected chi connectivity index (χ0v) is 28.8. The van der Waals surface area contributed by atoms with Crippen LogP contribution in [0.2, 0.25) is 0 Å². The van der Waals surface area contributed by atoms with E-state index in [0.29, 0.717) is 11.7 Å². The van der Waals surface area contributed by atoms with Crippen LogP contribution in [0, 0.1) is 0 Å². The molecule has 0 unspecified atom stereocenters. The molecule has 0 aromatic heterocycles. The van der Waals surface area contributed by atoms with Crippen molar-refractivity contribution < 1.29 is 9.59 Å². The van der Waals surface area contributed by atoms with E-state index in [2.05, 4.69) is 137 Å². The number of unbranched alkanes of at least 4 members (excludes halogenated alkanes) is 1. The number of rotatable bonds is 15. The van der Waals surface area contributed by atoms with Crippen LogP contribution in [0.3, 0.4) is 0 Å². The molecule has 238 valence electrons. The Labute approximate surface area is 280 Å². The number of urea groups is 1. The molecule has 4 aromatic rings. The van der Waals surface area contributed by atoms with Crippen LogP contribution in [-0.4, -0.2) is 65.3 Å². The average Bonchev–Trinajstić information content (AvgIpc) is 3.66. The van der Waals surface area contributed by atoms with Gasteiger partial charge in [0.05, 0.1) is 12.1 Å². The summed E-state index contributed by atoms with van der Waals surface area (Å²) < 4.78 is 0. The number of nitrogens with zero attached hydrogens (tertiary/aromatic N) is 1. The smallest absolute Gasteiger partial charge is 0.315 e. The fraction of sp³-hybridized carbons (Fsp3) is 0.316. The molecule has 2 heterocycles. The molecule has 6 rings (SSSR count). The van der Waals surface area contributed by atoms with E-state index in [1.807, 2.05) is 11.8 Å². The molecule has 46 heavy (non-hydrogen) atoms. The highest BCUT2D eigenvalue weighted by Gasteiger charge is 2.42. The van der Waals surface area contributed by atoms with Crippen LogP contribution in [0.15, 0.2) is 121 Å². The maximum absolute atomic E-state index is 14.0. The number of hydrogen-bond acceptors (Lipinski definition) is 3. The van der Waals surface area contributed by atoms with Crippen molar-refractivity contribution in [3.8, 4) is 0 Å². The van der Waals surface area contributed by atoms with Crippen molar-refractivity contribution in [1.29, 1.82) is 0 Å². The summed E-state index contributed by atoms with van der Waals surface area (Å²) in [6, 6.07) is 43.7. The van der Waals surface area contributed by atoms with Gasteiger partial charge in [-0.2, -0.15) is 11.8 Å². The third kappa shape index (κ3) is 8.59. The number of fused-ring (bicyclic) bond motifs is 1. The first-order valence-corrected chi connectivity index (χ1v) is 20.5. The Morgan fingerprint density at radius 2 is 1.13 bits per heavy atom. The van der Waals surface area contributed by atoms with Gasteiger partial charge in [-0.1, -0.05) is 128 Å². The molecule has 0 saturated carbocycles. The lowest BCUT2D eigenvalue weighted by Gasteiger charge is -2.29. The van der Waals surface area contributed by atoms with Gasteiger partial charge in [-0.05, 0) is 62.2 Å². The lowest BCUT2D eigenvalue weighted by molar-refractivity contribution is -0.130. The number of carbonyl (C=O) groups excluding carboxylic acids is 2. The number of nitrogens with one attached hydrogen (secondary N) is 2.